The number of halogens is 2. The van der Waals surface area contributed by atoms with Gasteiger partial charge in [-0.15, -0.1) is 35.3 Å². The first-order valence-electron chi connectivity index (χ1n) is 7.51. The number of thiophene rings is 1. The smallest absolute Gasteiger partial charge is 0.191 e. The molecule has 4 nitrogen and oxygen atoms in total. The molecule has 0 aromatic carbocycles. The van der Waals surface area contributed by atoms with E-state index in [0.29, 0.717) is 5.96 Å². The zero-order valence-electron chi connectivity index (χ0n) is 12.8. The maximum atomic E-state index is 6.19. The van der Waals surface area contributed by atoms with Crippen LogP contribution >= 0.6 is 51.2 Å². The molecule has 2 heterocycles. The summed E-state index contributed by atoms with van der Waals surface area (Å²) in [7, 11) is 0. The Morgan fingerprint density at radius 2 is 2.32 bits per heavy atom. The van der Waals surface area contributed by atoms with Gasteiger partial charge in [-0.2, -0.15) is 0 Å². The zero-order valence-corrected chi connectivity index (χ0v) is 17.5. The quantitative estimate of drug-likeness (QED) is 0.393. The van der Waals surface area contributed by atoms with E-state index in [1.54, 1.807) is 0 Å². The first-order valence-corrected chi connectivity index (χ1v) is 9.12. The van der Waals surface area contributed by atoms with Gasteiger partial charge in [0.05, 0.1) is 23.0 Å². The summed E-state index contributed by atoms with van der Waals surface area (Å²) in [5.41, 5.74) is 6.42. The number of hydrogen-bond donors (Lipinski definition) is 1. The van der Waals surface area contributed by atoms with Gasteiger partial charge in [-0.3, -0.25) is 4.99 Å². The second-order valence-electron chi connectivity index (χ2n) is 6.04. The minimum Gasteiger partial charge on any atom is -0.375 e. The van der Waals surface area contributed by atoms with Crippen LogP contribution in [0.1, 0.15) is 31.1 Å². The minimum atomic E-state index is 0. The van der Waals surface area contributed by atoms with Crippen molar-refractivity contribution >= 4 is 57.2 Å². The Bertz CT molecular complexity index is 533. The van der Waals surface area contributed by atoms with E-state index in [-0.39, 0.29) is 35.5 Å². The van der Waals surface area contributed by atoms with Crippen molar-refractivity contribution in [1.29, 1.82) is 0 Å². The van der Waals surface area contributed by atoms with Gasteiger partial charge < -0.3 is 15.4 Å². The lowest BCUT2D eigenvalue weighted by Gasteiger charge is -2.40. The van der Waals surface area contributed by atoms with E-state index >= 15 is 0 Å². The molecular formula is C15H23BrIN3OS. The number of ether oxygens (including phenoxy) is 1. The van der Waals surface area contributed by atoms with Gasteiger partial charge >= 0.3 is 0 Å². The van der Waals surface area contributed by atoms with Crippen molar-refractivity contribution < 1.29 is 4.74 Å². The molecule has 0 bridgehead atoms. The number of morpholine rings is 1. The maximum Gasteiger partial charge on any atom is 0.191 e. The monoisotopic (exact) mass is 499 g/mol. The van der Waals surface area contributed by atoms with Crippen LogP contribution in [0.5, 0.6) is 0 Å². The highest BCUT2D eigenvalue weighted by Crippen LogP contribution is 2.47. The van der Waals surface area contributed by atoms with E-state index in [1.165, 1.54) is 27.9 Å². The zero-order chi connectivity index (χ0) is 14.9. The Morgan fingerprint density at radius 3 is 2.86 bits per heavy atom. The van der Waals surface area contributed by atoms with Crippen molar-refractivity contribution in [1.82, 2.24) is 4.90 Å². The van der Waals surface area contributed by atoms with Crippen molar-refractivity contribution in [3.8, 4) is 0 Å². The fourth-order valence-corrected chi connectivity index (χ4v) is 4.67. The lowest BCUT2D eigenvalue weighted by Crippen LogP contribution is -2.48. The third-order valence-corrected chi connectivity index (χ3v) is 6.39. The number of nitrogens with zero attached hydrogens (tertiary/aromatic N) is 2. The van der Waals surface area contributed by atoms with E-state index in [0.717, 1.165) is 26.2 Å². The van der Waals surface area contributed by atoms with E-state index in [1.807, 2.05) is 11.3 Å². The standard InChI is InChI=1S/C15H22BrN3OS.HI/c1-11-9-19(7-8-20-11)14(17)18-10-15(5-2-6-15)12-3-4-13(16)21-12;/h3-4,11H,2,5-10H2,1H3,(H2,17,18);1H. The maximum absolute atomic E-state index is 6.19. The molecule has 1 aliphatic heterocycles. The van der Waals surface area contributed by atoms with E-state index in [9.17, 15) is 0 Å². The van der Waals surface area contributed by atoms with Gasteiger partial charge in [-0.05, 0) is 47.8 Å². The van der Waals surface area contributed by atoms with Crippen LogP contribution in [0.15, 0.2) is 20.9 Å². The lowest BCUT2D eigenvalue weighted by molar-refractivity contribution is 0.00523. The van der Waals surface area contributed by atoms with Crippen molar-refractivity contribution in [2.75, 3.05) is 26.2 Å². The SMILES string of the molecule is CC1CN(C(N)=NCC2(c3ccc(Br)s3)CCC2)CCO1.I. The van der Waals surface area contributed by atoms with Crippen LogP contribution in [0.2, 0.25) is 0 Å². The molecule has 1 aromatic heterocycles. The van der Waals surface area contributed by atoms with Gasteiger partial charge in [-0.25, -0.2) is 0 Å². The van der Waals surface area contributed by atoms with Crippen LogP contribution in [0.3, 0.4) is 0 Å². The summed E-state index contributed by atoms with van der Waals surface area (Å²) in [6.07, 6.45) is 3.96. The second-order valence-corrected chi connectivity index (χ2v) is 8.50. The molecule has 1 saturated carbocycles. The van der Waals surface area contributed by atoms with Crippen LogP contribution in [-0.2, 0) is 10.2 Å². The highest BCUT2D eigenvalue weighted by molar-refractivity contribution is 14.0. The molecule has 3 rings (SSSR count). The average molecular weight is 500 g/mol. The largest absolute Gasteiger partial charge is 0.375 e. The van der Waals surface area contributed by atoms with Crippen LogP contribution in [0.25, 0.3) is 0 Å². The van der Waals surface area contributed by atoms with Gasteiger partial charge in [-0.1, -0.05) is 6.42 Å². The predicted molar refractivity (Wildman–Crippen MR) is 106 cm³/mol. The second kappa shape index (κ2) is 7.81. The minimum absolute atomic E-state index is 0. The molecule has 2 fully saturated rings. The first kappa shape index (κ1) is 18.5. The Labute approximate surface area is 161 Å². The van der Waals surface area contributed by atoms with E-state index in [4.69, 9.17) is 15.5 Å². The molecule has 2 aliphatic rings. The summed E-state index contributed by atoms with van der Waals surface area (Å²) < 4.78 is 6.75. The van der Waals surface area contributed by atoms with Crippen molar-refractivity contribution in [2.24, 2.45) is 10.7 Å². The summed E-state index contributed by atoms with van der Waals surface area (Å²) >= 11 is 5.39. The normalized spacial score (nSPS) is 24.5. The highest BCUT2D eigenvalue weighted by atomic mass is 127. The van der Waals surface area contributed by atoms with Gasteiger partial charge in [0.15, 0.2) is 5.96 Å². The Kier molecular flexibility index (Phi) is 6.56. The fraction of sp³-hybridized carbons (Fsp3) is 0.667. The number of aliphatic imine (C=N–C) groups is 1. The van der Waals surface area contributed by atoms with E-state index in [2.05, 4.69) is 39.9 Å². The van der Waals surface area contributed by atoms with Crippen molar-refractivity contribution in [3.05, 3.63) is 20.8 Å². The van der Waals surface area contributed by atoms with Gasteiger partial charge in [0, 0.05) is 23.4 Å². The van der Waals surface area contributed by atoms with Gasteiger partial charge in [0.25, 0.3) is 0 Å². The molecule has 0 spiro atoms. The van der Waals surface area contributed by atoms with Crippen molar-refractivity contribution in [3.63, 3.8) is 0 Å². The summed E-state index contributed by atoms with van der Waals surface area (Å²) in [5.74, 6) is 0.673. The third kappa shape index (κ3) is 3.96. The molecule has 0 amide bonds. The van der Waals surface area contributed by atoms with E-state index < -0.39 is 0 Å². The Morgan fingerprint density at radius 1 is 1.55 bits per heavy atom. The summed E-state index contributed by atoms with van der Waals surface area (Å²) in [6.45, 7) is 5.30. The van der Waals surface area contributed by atoms with Gasteiger partial charge in [0.1, 0.15) is 0 Å². The number of hydrogen-bond acceptors (Lipinski definition) is 3. The third-order valence-electron chi connectivity index (χ3n) is 4.52. The molecule has 22 heavy (non-hydrogen) atoms. The highest BCUT2D eigenvalue weighted by Gasteiger charge is 2.40. The molecule has 1 aromatic rings. The number of guanidine groups is 1. The first-order chi connectivity index (χ1) is 10.1. The lowest BCUT2D eigenvalue weighted by atomic mass is 9.68. The molecule has 1 aliphatic carbocycles. The molecule has 1 saturated heterocycles. The fourth-order valence-electron chi connectivity index (χ4n) is 3.04. The number of nitrogens with two attached hydrogens (primary N) is 1. The van der Waals surface area contributed by atoms with Crippen LogP contribution < -0.4 is 5.73 Å². The average Bonchev–Trinajstić information content (AvgIpc) is 2.84. The molecular weight excluding hydrogens is 477 g/mol. The Hall–Kier alpha value is 0.140. The van der Waals surface area contributed by atoms with Crippen molar-refractivity contribution in [2.45, 2.75) is 37.7 Å². The predicted octanol–water partition coefficient (Wildman–Crippen LogP) is 3.59. The molecule has 124 valence electrons. The van der Waals surface area contributed by atoms with Crippen LogP contribution in [-0.4, -0.2) is 43.2 Å². The summed E-state index contributed by atoms with van der Waals surface area (Å²) in [4.78, 5) is 8.30. The molecule has 1 atom stereocenters. The van der Waals surface area contributed by atoms with Crippen LogP contribution in [0, 0.1) is 0 Å². The van der Waals surface area contributed by atoms with Crippen LogP contribution in [0.4, 0.5) is 0 Å². The van der Waals surface area contributed by atoms with Gasteiger partial charge in [0.2, 0.25) is 0 Å². The summed E-state index contributed by atoms with van der Waals surface area (Å²) in [5, 5.41) is 0. The molecule has 0 radical (unpaired) electrons. The Balaban J connectivity index is 0.00000176. The molecule has 1 unspecified atom stereocenters. The molecule has 7 heteroatoms. The summed E-state index contributed by atoms with van der Waals surface area (Å²) in [6, 6.07) is 4.37. The topological polar surface area (TPSA) is 50.8 Å². The molecule has 2 N–H and O–H groups in total. The number of rotatable bonds is 3.